The summed E-state index contributed by atoms with van der Waals surface area (Å²) >= 11 is 0. The Labute approximate surface area is 144 Å². The Bertz CT molecular complexity index is 654. The predicted octanol–water partition coefficient (Wildman–Crippen LogP) is 2.96. The van der Waals surface area contributed by atoms with Crippen molar-refractivity contribution in [2.75, 3.05) is 29.9 Å². The summed E-state index contributed by atoms with van der Waals surface area (Å²) in [6.07, 6.45) is 3.50. The van der Waals surface area contributed by atoms with Gasteiger partial charge in [0.25, 0.3) is 0 Å². The van der Waals surface area contributed by atoms with Gasteiger partial charge in [-0.05, 0) is 62.2 Å². The molecule has 1 heterocycles. The second kappa shape index (κ2) is 9.03. The van der Waals surface area contributed by atoms with Crippen LogP contribution < -0.4 is 15.5 Å². The zero-order valence-electron chi connectivity index (χ0n) is 14.7. The van der Waals surface area contributed by atoms with Crippen molar-refractivity contribution in [3.8, 4) is 0 Å². The van der Waals surface area contributed by atoms with Crippen LogP contribution in [0.25, 0.3) is 0 Å². The number of hydrogen-bond acceptors (Lipinski definition) is 4. The fourth-order valence-corrected chi connectivity index (χ4v) is 2.59. The molecule has 0 atom stereocenters. The lowest BCUT2D eigenvalue weighted by molar-refractivity contribution is -0.115. The molecule has 5 heteroatoms. The van der Waals surface area contributed by atoms with Crippen LogP contribution in [-0.2, 0) is 11.3 Å². The van der Waals surface area contributed by atoms with Gasteiger partial charge in [0.15, 0.2) is 0 Å². The molecule has 0 unspecified atom stereocenters. The number of pyridine rings is 1. The van der Waals surface area contributed by atoms with Crippen molar-refractivity contribution in [3.63, 3.8) is 0 Å². The first kappa shape index (κ1) is 17.9. The molecule has 0 aliphatic carbocycles. The lowest BCUT2D eigenvalue weighted by Crippen LogP contribution is -2.28. The fraction of sp³-hybridized carbons (Fsp3) is 0.368. The van der Waals surface area contributed by atoms with Gasteiger partial charge in [0.05, 0.1) is 6.54 Å². The molecule has 5 nitrogen and oxygen atoms in total. The third-order valence-corrected chi connectivity index (χ3v) is 3.98. The van der Waals surface area contributed by atoms with Crippen molar-refractivity contribution in [2.24, 2.45) is 0 Å². The van der Waals surface area contributed by atoms with E-state index >= 15 is 0 Å². The molecule has 0 bridgehead atoms. The van der Waals surface area contributed by atoms with Gasteiger partial charge in [-0.3, -0.25) is 9.78 Å². The van der Waals surface area contributed by atoms with Gasteiger partial charge >= 0.3 is 0 Å². The van der Waals surface area contributed by atoms with E-state index in [9.17, 15) is 4.79 Å². The van der Waals surface area contributed by atoms with E-state index in [2.05, 4.69) is 46.5 Å². The summed E-state index contributed by atoms with van der Waals surface area (Å²) in [4.78, 5) is 18.4. The predicted molar refractivity (Wildman–Crippen MR) is 99.3 cm³/mol. The van der Waals surface area contributed by atoms with Crippen LogP contribution in [0.5, 0.6) is 0 Å². The van der Waals surface area contributed by atoms with E-state index in [-0.39, 0.29) is 12.5 Å². The Hall–Kier alpha value is -2.40. The average Bonchev–Trinajstić information content (AvgIpc) is 2.59. The van der Waals surface area contributed by atoms with Crippen molar-refractivity contribution in [2.45, 2.75) is 27.3 Å². The molecule has 0 saturated carbocycles. The van der Waals surface area contributed by atoms with Crippen LogP contribution in [0.2, 0.25) is 0 Å². The molecule has 1 aromatic carbocycles. The van der Waals surface area contributed by atoms with Crippen molar-refractivity contribution in [3.05, 3.63) is 53.9 Å². The summed E-state index contributed by atoms with van der Waals surface area (Å²) in [7, 11) is 0. The number of amides is 1. The van der Waals surface area contributed by atoms with E-state index in [1.165, 1.54) is 5.69 Å². The number of hydrogen-bond donors (Lipinski definition) is 2. The number of nitrogens with zero attached hydrogens (tertiary/aromatic N) is 2. The molecule has 2 aromatic rings. The molecule has 0 aliphatic heterocycles. The summed E-state index contributed by atoms with van der Waals surface area (Å²) in [5.41, 5.74) is 4.23. The standard InChI is InChI=1S/C19H26N4O/c1-4-23(5-2)17-6-7-18(15(3)12-17)22-19(24)14-21-13-16-8-10-20-11-9-16/h6-12,21H,4-5,13-14H2,1-3H3,(H,22,24). The second-order valence-corrected chi connectivity index (χ2v) is 5.68. The second-order valence-electron chi connectivity index (χ2n) is 5.68. The lowest BCUT2D eigenvalue weighted by atomic mass is 10.1. The highest BCUT2D eigenvalue weighted by atomic mass is 16.1. The Morgan fingerprint density at radius 2 is 1.83 bits per heavy atom. The quantitative estimate of drug-likeness (QED) is 0.783. The first-order chi connectivity index (χ1) is 11.6. The molecular formula is C19H26N4O. The zero-order chi connectivity index (χ0) is 17.4. The van der Waals surface area contributed by atoms with E-state index < -0.39 is 0 Å². The van der Waals surface area contributed by atoms with Crippen LogP contribution in [0.1, 0.15) is 25.0 Å². The van der Waals surface area contributed by atoms with Gasteiger partial charge in [-0.15, -0.1) is 0 Å². The van der Waals surface area contributed by atoms with Crippen LogP contribution in [0, 0.1) is 6.92 Å². The van der Waals surface area contributed by atoms with Gasteiger partial charge in [-0.1, -0.05) is 0 Å². The number of anilines is 2. The van der Waals surface area contributed by atoms with Crippen LogP contribution >= 0.6 is 0 Å². The number of carbonyl (C=O) groups excluding carboxylic acids is 1. The van der Waals surface area contributed by atoms with Gasteiger partial charge in [0, 0.05) is 43.4 Å². The maximum absolute atomic E-state index is 12.1. The van der Waals surface area contributed by atoms with Crippen LogP contribution in [0.3, 0.4) is 0 Å². The maximum Gasteiger partial charge on any atom is 0.238 e. The highest BCUT2D eigenvalue weighted by Crippen LogP contribution is 2.22. The van der Waals surface area contributed by atoms with Gasteiger partial charge in [-0.2, -0.15) is 0 Å². The van der Waals surface area contributed by atoms with E-state index in [0.717, 1.165) is 29.9 Å². The average molecular weight is 326 g/mol. The molecule has 2 N–H and O–H groups in total. The normalized spacial score (nSPS) is 10.5. The Kier molecular flexibility index (Phi) is 6.75. The van der Waals surface area contributed by atoms with E-state index in [0.29, 0.717) is 6.54 Å². The first-order valence-electron chi connectivity index (χ1n) is 8.39. The van der Waals surface area contributed by atoms with E-state index in [1.807, 2.05) is 25.1 Å². The maximum atomic E-state index is 12.1. The summed E-state index contributed by atoms with van der Waals surface area (Å²) < 4.78 is 0. The van der Waals surface area contributed by atoms with Crippen molar-refractivity contribution < 1.29 is 4.79 Å². The smallest absolute Gasteiger partial charge is 0.238 e. The number of rotatable bonds is 8. The van der Waals surface area contributed by atoms with Gasteiger partial charge in [0.2, 0.25) is 5.91 Å². The highest BCUT2D eigenvalue weighted by molar-refractivity contribution is 5.93. The largest absolute Gasteiger partial charge is 0.372 e. The minimum Gasteiger partial charge on any atom is -0.372 e. The molecule has 2 rings (SSSR count). The molecule has 0 radical (unpaired) electrons. The van der Waals surface area contributed by atoms with Crippen LogP contribution in [0.15, 0.2) is 42.7 Å². The molecule has 1 aromatic heterocycles. The molecule has 0 aliphatic rings. The van der Waals surface area contributed by atoms with E-state index in [4.69, 9.17) is 0 Å². The third kappa shape index (κ3) is 5.06. The van der Waals surface area contributed by atoms with Crippen LogP contribution in [-0.4, -0.2) is 30.5 Å². The Balaban J connectivity index is 1.87. The summed E-state index contributed by atoms with van der Waals surface area (Å²) in [5.74, 6) is -0.0391. The Morgan fingerprint density at radius 3 is 2.46 bits per heavy atom. The molecule has 0 fully saturated rings. The Morgan fingerprint density at radius 1 is 1.12 bits per heavy atom. The molecular weight excluding hydrogens is 300 g/mol. The van der Waals surface area contributed by atoms with Gasteiger partial charge < -0.3 is 15.5 Å². The minimum absolute atomic E-state index is 0.0391. The molecule has 0 spiro atoms. The van der Waals surface area contributed by atoms with Gasteiger partial charge in [0.1, 0.15) is 0 Å². The topological polar surface area (TPSA) is 57.3 Å². The number of nitrogens with one attached hydrogen (secondary N) is 2. The summed E-state index contributed by atoms with van der Waals surface area (Å²) in [5, 5.41) is 6.11. The number of benzene rings is 1. The SMILES string of the molecule is CCN(CC)c1ccc(NC(=O)CNCc2ccncc2)c(C)c1. The van der Waals surface area contributed by atoms with Gasteiger partial charge in [-0.25, -0.2) is 0 Å². The first-order valence-corrected chi connectivity index (χ1v) is 8.39. The number of aromatic nitrogens is 1. The fourth-order valence-electron chi connectivity index (χ4n) is 2.59. The lowest BCUT2D eigenvalue weighted by Gasteiger charge is -2.22. The number of carbonyl (C=O) groups is 1. The summed E-state index contributed by atoms with van der Waals surface area (Å²) in [6.45, 7) is 9.18. The highest BCUT2D eigenvalue weighted by Gasteiger charge is 2.07. The molecule has 24 heavy (non-hydrogen) atoms. The monoisotopic (exact) mass is 326 g/mol. The van der Waals surface area contributed by atoms with Crippen molar-refractivity contribution in [1.29, 1.82) is 0 Å². The molecule has 1 amide bonds. The summed E-state index contributed by atoms with van der Waals surface area (Å²) in [6, 6.07) is 10.0. The number of aryl methyl sites for hydroxylation is 1. The minimum atomic E-state index is -0.0391. The van der Waals surface area contributed by atoms with Crippen LogP contribution in [0.4, 0.5) is 11.4 Å². The van der Waals surface area contributed by atoms with Crippen molar-refractivity contribution in [1.82, 2.24) is 10.3 Å². The van der Waals surface area contributed by atoms with Crippen molar-refractivity contribution >= 4 is 17.3 Å². The molecule has 128 valence electrons. The third-order valence-electron chi connectivity index (χ3n) is 3.98. The van der Waals surface area contributed by atoms with E-state index in [1.54, 1.807) is 12.4 Å². The molecule has 0 saturated heterocycles. The zero-order valence-corrected chi connectivity index (χ0v) is 14.7.